The number of aryl methyl sites for hydroxylation is 2. The first-order valence-corrected chi connectivity index (χ1v) is 6.39. The van der Waals surface area contributed by atoms with Crippen LogP contribution >= 0.6 is 11.3 Å². The summed E-state index contributed by atoms with van der Waals surface area (Å²) in [5.41, 5.74) is 6.01. The highest BCUT2D eigenvalue weighted by Crippen LogP contribution is 2.27. The Morgan fingerprint density at radius 3 is 2.67 bits per heavy atom. The lowest BCUT2D eigenvalue weighted by Gasteiger charge is -2.00. The topological polar surface area (TPSA) is 87.0 Å². The first-order chi connectivity index (χ1) is 8.52. The van der Waals surface area contributed by atoms with Crippen LogP contribution in [0.25, 0.3) is 0 Å². The maximum atomic E-state index is 10.8. The number of thiophene rings is 1. The van der Waals surface area contributed by atoms with Gasteiger partial charge in [0.2, 0.25) is 5.82 Å². The molecule has 0 radical (unpaired) electrons. The number of nitro groups is 1. The first-order valence-electron chi connectivity index (χ1n) is 5.57. The third-order valence-corrected chi connectivity index (χ3v) is 3.90. The lowest BCUT2D eigenvalue weighted by molar-refractivity contribution is -0.384. The van der Waals surface area contributed by atoms with Crippen molar-refractivity contribution in [1.82, 2.24) is 9.78 Å². The van der Waals surface area contributed by atoms with E-state index in [4.69, 9.17) is 5.73 Å². The second-order valence-electron chi connectivity index (χ2n) is 3.96. The Hall–Kier alpha value is -1.89. The fourth-order valence-corrected chi connectivity index (χ4v) is 2.72. The molecule has 2 heterocycles. The first kappa shape index (κ1) is 12.6. The minimum absolute atomic E-state index is 0.0951. The third kappa shape index (κ3) is 2.21. The minimum Gasteiger partial charge on any atom is -0.378 e. The van der Waals surface area contributed by atoms with Crippen LogP contribution in [0, 0.1) is 17.0 Å². The van der Waals surface area contributed by atoms with Gasteiger partial charge in [-0.05, 0) is 25.5 Å². The Bertz CT molecular complexity index is 588. The van der Waals surface area contributed by atoms with Crippen molar-refractivity contribution in [3.05, 3.63) is 37.7 Å². The Balaban J connectivity index is 2.29. The summed E-state index contributed by atoms with van der Waals surface area (Å²) in [5, 5.41) is 15.0. The van der Waals surface area contributed by atoms with Gasteiger partial charge in [-0.15, -0.1) is 11.3 Å². The van der Waals surface area contributed by atoms with E-state index < -0.39 is 4.92 Å². The molecule has 0 saturated heterocycles. The Morgan fingerprint density at radius 2 is 2.17 bits per heavy atom. The average molecular weight is 266 g/mol. The van der Waals surface area contributed by atoms with E-state index >= 15 is 0 Å². The summed E-state index contributed by atoms with van der Waals surface area (Å²) in [4.78, 5) is 12.7. The summed E-state index contributed by atoms with van der Waals surface area (Å²) in [7, 11) is 0. The van der Waals surface area contributed by atoms with E-state index in [0.29, 0.717) is 12.2 Å². The lowest BCUT2D eigenvalue weighted by Crippen LogP contribution is -2.05. The molecule has 2 aromatic heterocycles. The van der Waals surface area contributed by atoms with Crippen LogP contribution in [0.3, 0.4) is 0 Å². The fraction of sp³-hybridized carbons (Fsp3) is 0.364. The highest BCUT2D eigenvalue weighted by atomic mass is 32.1. The van der Waals surface area contributed by atoms with Crippen LogP contribution in [0.15, 0.2) is 12.1 Å². The number of hydrogen-bond acceptors (Lipinski definition) is 5. The number of aromatic nitrogens is 2. The second kappa shape index (κ2) is 4.77. The van der Waals surface area contributed by atoms with Gasteiger partial charge in [-0.2, -0.15) is 5.10 Å². The van der Waals surface area contributed by atoms with Crippen molar-refractivity contribution in [2.24, 2.45) is 0 Å². The summed E-state index contributed by atoms with van der Waals surface area (Å²) in [6.45, 7) is 4.16. The normalized spacial score (nSPS) is 10.8. The minimum atomic E-state index is -0.486. The summed E-state index contributed by atoms with van der Waals surface area (Å²) < 4.78 is 1.48. The highest BCUT2D eigenvalue weighted by Gasteiger charge is 2.22. The molecule has 2 N–H and O–H groups in total. The van der Waals surface area contributed by atoms with Crippen molar-refractivity contribution < 1.29 is 4.92 Å². The molecular formula is C11H14N4O2S. The van der Waals surface area contributed by atoms with Crippen molar-refractivity contribution in [3.8, 4) is 0 Å². The van der Waals surface area contributed by atoms with Gasteiger partial charge in [0.25, 0.3) is 0 Å². The van der Waals surface area contributed by atoms with Crippen LogP contribution in [0.1, 0.15) is 22.4 Å². The molecule has 0 unspecified atom stereocenters. The van der Waals surface area contributed by atoms with E-state index in [2.05, 4.69) is 18.1 Å². The number of nitrogens with two attached hydrogens (primary N) is 1. The number of rotatable bonds is 4. The molecule has 0 amide bonds. The quantitative estimate of drug-likeness (QED) is 0.679. The van der Waals surface area contributed by atoms with E-state index in [0.717, 1.165) is 11.3 Å². The van der Waals surface area contributed by atoms with Gasteiger partial charge >= 0.3 is 5.69 Å². The predicted molar refractivity (Wildman–Crippen MR) is 70.8 cm³/mol. The van der Waals surface area contributed by atoms with Crippen LogP contribution in [0.5, 0.6) is 0 Å². The monoisotopic (exact) mass is 266 g/mol. The number of anilines is 1. The molecule has 7 heteroatoms. The number of hydrogen-bond donors (Lipinski definition) is 1. The maximum Gasteiger partial charge on any atom is 0.333 e. The Kier molecular flexibility index (Phi) is 3.33. The van der Waals surface area contributed by atoms with Crippen LogP contribution in [-0.2, 0) is 13.0 Å². The van der Waals surface area contributed by atoms with Crippen molar-refractivity contribution >= 4 is 22.8 Å². The van der Waals surface area contributed by atoms with Crippen molar-refractivity contribution in [3.63, 3.8) is 0 Å². The predicted octanol–water partition coefficient (Wildman–Crippen LogP) is 2.35. The second-order valence-corrected chi connectivity index (χ2v) is 5.21. The summed E-state index contributed by atoms with van der Waals surface area (Å²) in [6.07, 6.45) is 0.985. The largest absolute Gasteiger partial charge is 0.378 e. The lowest BCUT2D eigenvalue weighted by atomic mass is 10.3. The van der Waals surface area contributed by atoms with E-state index in [9.17, 15) is 10.1 Å². The molecule has 0 saturated carbocycles. The third-order valence-electron chi connectivity index (χ3n) is 2.69. The van der Waals surface area contributed by atoms with E-state index in [-0.39, 0.29) is 11.5 Å². The molecule has 96 valence electrons. The Labute approximate surface area is 108 Å². The van der Waals surface area contributed by atoms with Gasteiger partial charge < -0.3 is 5.73 Å². The molecule has 0 aliphatic carbocycles. The summed E-state index contributed by atoms with van der Waals surface area (Å²) in [6, 6.07) is 4.06. The molecule has 6 nitrogen and oxygen atoms in total. The summed E-state index contributed by atoms with van der Waals surface area (Å²) >= 11 is 1.67. The zero-order valence-electron chi connectivity index (χ0n) is 10.2. The number of nitrogens with zero attached hydrogens (tertiary/aromatic N) is 3. The SMILES string of the molecule is CCc1ccc(Cn2nc(C)c([N+](=O)[O-])c2N)s1. The standard InChI is InChI=1S/C11H14N4O2S/c1-3-8-4-5-9(18-8)6-14-11(12)10(15(16)17)7(2)13-14/h4-5H,3,6,12H2,1-2H3. The van der Waals surface area contributed by atoms with Crippen molar-refractivity contribution in [2.75, 3.05) is 5.73 Å². The molecule has 0 bridgehead atoms. The fourth-order valence-electron chi connectivity index (χ4n) is 1.78. The zero-order chi connectivity index (χ0) is 13.3. The van der Waals surface area contributed by atoms with Gasteiger partial charge in [-0.25, -0.2) is 4.68 Å². The average Bonchev–Trinajstić information content (AvgIpc) is 2.85. The molecule has 0 atom stereocenters. The van der Waals surface area contributed by atoms with E-state index in [1.165, 1.54) is 9.56 Å². The van der Waals surface area contributed by atoms with E-state index in [1.807, 2.05) is 6.07 Å². The molecule has 0 fully saturated rings. The maximum absolute atomic E-state index is 10.8. The molecule has 0 spiro atoms. The smallest absolute Gasteiger partial charge is 0.333 e. The molecule has 0 aliphatic heterocycles. The van der Waals surface area contributed by atoms with Gasteiger partial charge in [-0.1, -0.05) is 6.92 Å². The van der Waals surface area contributed by atoms with Crippen LogP contribution < -0.4 is 5.73 Å². The molecule has 0 aliphatic rings. The van der Waals surface area contributed by atoms with Crippen LogP contribution in [0.2, 0.25) is 0 Å². The highest BCUT2D eigenvalue weighted by molar-refractivity contribution is 7.11. The Morgan fingerprint density at radius 1 is 1.50 bits per heavy atom. The van der Waals surface area contributed by atoms with Crippen molar-refractivity contribution in [2.45, 2.75) is 26.8 Å². The number of nitrogen functional groups attached to an aromatic ring is 1. The molecule has 2 rings (SSSR count). The van der Waals surface area contributed by atoms with Crippen LogP contribution in [-0.4, -0.2) is 14.7 Å². The zero-order valence-corrected chi connectivity index (χ0v) is 11.0. The molecular weight excluding hydrogens is 252 g/mol. The van der Waals surface area contributed by atoms with Gasteiger partial charge in [0.15, 0.2) is 0 Å². The molecule has 0 aromatic carbocycles. The van der Waals surface area contributed by atoms with Crippen molar-refractivity contribution in [1.29, 1.82) is 0 Å². The van der Waals surface area contributed by atoms with Gasteiger partial charge in [0, 0.05) is 9.75 Å². The van der Waals surface area contributed by atoms with Gasteiger partial charge in [0.05, 0.1) is 11.5 Å². The van der Waals surface area contributed by atoms with E-state index in [1.54, 1.807) is 18.3 Å². The van der Waals surface area contributed by atoms with Crippen LogP contribution in [0.4, 0.5) is 11.5 Å². The van der Waals surface area contributed by atoms with Gasteiger partial charge in [0.1, 0.15) is 5.69 Å². The summed E-state index contributed by atoms with van der Waals surface area (Å²) in [5.74, 6) is 0.115. The van der Waals surface area contributed by atoms with Gasteiger partial charge in [-0.3, -0.25) is 10.1 Å². The molecule has 2 aromatic rings. The molecule has 18 heavy (non-hydrogen) atoms.